The number of amides is 1. The molecule has 7 nitrogen and oxygen atoms in total. The molecule has 162 valence electrons. The van der Waals surface area contributed by atoms with E-state index in [1.54, 1.807) is 18.2 Å². The molecule has 2 N–H and O–H groups in total. The molecule has 2 rings (SSSR count). The topological polar surface area (TPSA) is 102 Å². The third-order valence-electron chi connectivity index (χ3n) is 4.73. The van der Waals surface area contributed by atoms with Crippen molar-refractivity contribution in [2.75, 3.05) is 20.3 Å². The Balaban J connectivity index is 1.81. The lowest BCUT2D eigenvalue weighted by molar-refractivity contribution is -0.121. The summed E-state index contributed by atoms with van der Waals surface area (Å²) in [4.78, 5) is 24.5. The number of rotatable bonds is 11. The van der Waals surface area contributed by atoms with Crippen LogP contribution in [-0.4, -0.2) is 40.4 Å². The molecule has 0 aromatic heterocycles. The van der Waals surface area contributed by atoms with Gasteiger partial charge in [0.2, 0.25) is 15.9 Å². The minimum absolute atomic E-state index is 0.0659. The molecular formula is C22H28N2O5S. The van der Waals surface area contributed by atoms with Gasteiger partial charge in [-0.05, 0) is 48.7 Å². The van der Waals surface area contributed by atoms with Gasteiger partial charge in [0.15, 0.2) is 5.78 Å². The second-order valence-electron chi connectivity index (χ2n) is 7.03. The van der Waals surface area contributed by atoms with E-state index >= 15 is 0 Å². The fraction of sp³-hybridized carbons (Fsp3) is 0.364. The van der Waals surface area contributed by atoms with Crippen molar-refractivity contribution in [3.8, 4) is 0 Å². The first-order valence-corrected chi connectivity index (χ1v) is 11.2. The van der Waals surface area contributed by atoms with Gasteiger partial charge in [-0.1, -0.05) is 24.3 Å². The molecule has 0 saturated carbocycles. The Morgan fingerprint density at radius 1 is 0.967 bits per heavy atom. The highest BCUT2D eigenvalue weighted by atomic mass is 32.2. The lowest BCUT2D eigenvalue weighted by atomic mass is 10.0. The summed E-state index contributed by atoms with van der Waals surface area (Å²) in [7, 11) is -2.09. The first-order valence-electron chi connectivity index (χ1n) is 9.67. The highest BCUT2D eigenvalue weighted by Gasteiger charge is 2.13. The van der Waals surface area contributed by atoms with Crippen LogP contribution in [0.4, 0.5) is 0 Å². The molecule has 2 aromatic carbocycles. The maximum atomic E-state index is 12.3. The maximum absolute atomic E-state index is 12.3. The predicted molar refractivity (Wildman–Crippen MR) is 115 cm³/mol. The molecule has 0 spiro atoms. The van der Waals surface area contributed by atoms with Crippen LogP contribution >= 0.6 is 0 Å². The number of aryl methyl sites for hydroxylation is 2. The molecule has 1 amide bonds. The van der Waals surface area contributed by atoms with E-state index in [-0.39, 0.29) is 49.1 Å². The number of Topliss-reactive ketones (excluding diaryl/α,β-unsaturated/α-hetero) is 1. The standard InChI is InChI=1S/C22H28N2O5S/c1-16-4-7-19(14-17(16)2)21(25)10-11-22(26)23-15-18-5-8-20(9-6-18)30(27,28)24-12-13-29-3/h4-9,14,24H,10-13,15H2,1-3H3,(H,23,26). The van der Waals surface area contributed by atoms with Crippen LogP contribution in [0.3, 0.4) is 0 Å². The molecule has 0 heterocycles. The van der Waals surface area contributed by atoms with Crippen molar-refractivity contribution < 1.29 is 22.7 Å². The summed E-state index contributed by atoms with van der Waals surface area (Å²) in [5.41, 5.74) is 3.54. The van der Waals surface area contributed by atoms with Crippen LogP contribution in [0.15, 0.2) is 47.4 Å². The van der Waals surface area contributed by atoms with E-state index in [0.29, 0.717) is 5.56 Å². The van der Waals surface area contributed by atoms with Crippen molar-refractivity contribution in [3.05, 3.63) is 64.7 Å². The Labute approximate surface area is 177 Å². The van der Waals surface area contributed by atoms with Crippen molar-refractivity contribution in [1.29, 1.82) is 0 Å². The largest absolute Gasteiger partial charge is 0.383 e. The van der Waals surface area contributed by atoms with Gasteiger partial charge in [0.05, 0.1) is 11.5 Å². The van der Waals surface area contributed by atoms with Gasteiger partial charge in [-0.2, -0.15) is 0 Å². The summed E-state index contributed by atoms with van der Waals surface area (Å²) in [5, 5.41) is 2.75. The zero-order valence-corrected chi connectivity index (χ0v) is 18.3. The van der Waals surface area contributed by atoms with Crippen LogP contribution in [0.2, 0.25) is 0 Å². The summed E-state index contributed by atoms with van der Waals surface area (Å²) in [6.45, 7) is 4.67. The molecule has 0 unspecified atom stereocenters. The van der Waals surface area contributed by atoms with Gasteiger partial charge in [0.1, 0.15) is 0 Å². The van der Waals surface area contributed by atoms with Crippen LogP contribution in [0.25, 0.3) is 0 Å². The average molecular weight is 433 g/mol. The summed E-state index contributed by atoms with van der Waals surface area (Å²) in [5.74, 6) is -0.297. The van der Waals surface area contributed by atoms with Crippen LogP contribution < -0.4 is 10.0 Å². The number of methoxy groups -OCH3 is 1. The number of hydrogen-bond donors (Lipinski definition) is 2. The van der Waals surface area contributed by atoms with Gasteiger partial charge in [-0.25, -0.2) is 13.1 Å². The molecule has 0 fully saturated rings. The van der Waals surface area contributed by atoms with Crippen molar-refractivity contribution in [3.63, 3.8) is 0 Å². The van der Waals surface area contributed by atoms with Crippen molar-refractivity contribution in [2.24, 2.45) is 0 Å². The third-order valence-corrected chi connectivity index (χ3v) is 6.21. The third kappa shape index (κ3) is 7.05. The molecule has 0 aliphatic carbocycles. The molecule has 2 aromatic rings. The second kappa shape index (κ2) is 11.0. The summed E-state index contributed by atoms with van der Waals surface area (Å²) in [6.07, 6.45) is 0.236. The summed E-state index contributed by atoms with van der Waals surface area (Å²) in [6, 6.07) is 11.8. The Morgan fingerprint density at radius 2 is 1.67 bits per heavy atom. The lowest BCUT2D eigenvalue weighted by Crippen LogP contribution is -2.27. The SMILES string of the molecule is COCCNS(=O)(=O)c1ccc(CNC(=O)CCC(=O)c2ccc(C)c(C)c2)cc1. The quantitative estimate of drug-likeness (QED) is 0.420. The number of ether oxygens (including phenoxy) is 1. The highest BCUT2D eigenvalue weighted by Crippen LogP contribution is 2.13. The number of carbonyl (C=O) groups excluding carboxylic acids is 2. The van der Waals surface area contributed by atoms with Gasteiger partial charge in [0, 0.05) is 38.6 Å². The number of nitrogens with one attached hydrogen (secondary N) is 2. The number of benzene rings is 2. The highest BCUT2D eigenvalue weighted by molar-refractivity contribution is 7.89. The van der Waals surface area contributed by atoms with E-state index in [9.17, 15) is 18.0 Å². The molecular weight excluding hydrogens is 404 g/mol. The van der Waals surface area contributed by atoms with Crippen molar-refractivity contribution in [2.45, 2.75) is 38.1 Å². The first-order chi connectivity index (χ1) is 14.2. The molecule has 0 aliphatic heterocycles. The van der Waals surface area contributed by atoms with E-state index in [0.717, 1.165) is 16.7 Å². The lowest BCUT2D eigenvalue weighted by Gasteiger charge is -2.09. The minimum Gasteiger partial charge on any atom is -0.383 e. The number of ketones is 1. The Morgan fingerprint density at radius 3 is 2.30 bits per heavy atom. The van der Waals surface area contributed by atoms with E-state index < -0.39 is 10.0 Å². The molecule has 0 radical (unpaired) electrons. The van der Waals surface area contributed by atoms with E-state index in [1.807, 2.05) is 26.0 Å². The van der Waals surface area contributed by atoms with Crippen molar-refractivity contribution in [1.82, 2.24) is 10.0 Å². The molecule has 0 atom stereocenters. The molecule has 0 aliphatic rings. The van der Waals surface area contributed by atoms with Crippen LogP contribution in [-0.2, 0) is 26.1 Å². The van der Waals surface area contributed by atoms with Crippen LogP contribution in [0.1, 0.15) is 39.9 Å². The minimum atomic E-state index is -3.59. The molecule has 0 saturated heterocycles. The molecule has 8 heteroatoms. The fourth-order valence-corrected chi connectivity index (χ4v) is 3.74. The summed E-state index contributed by atoms with van der Waals surface area (Å²) >= 11 is 0. The van der Waals surface area contributed by atoms with Crippen LogP contribution in [0, 0.1) is 13.8 Å². The van der Waals surface area contributed by atoms with E-state index in [2.05, 4.69) is 10.0 Å². The van der Waals surface area contributed by atoms with Gasteiger partial charge >= 0.3 is 0 Å². The number of hydrogen-bond acceptors (Lipinski definition) is 5. The van der Waals surface area contributed by atoms with Crippen LogP contribution in [0.5, 0.6) is 0 Å². The maximum Gasteiger partial charge on any atom is 0.240 e. The Hall–Kier alpha value is -2.55. The van der Waals surface area contributed by atoms with Gasteiger partial charge in [-0.15, -0.1) is 0 Å². The Bertz CT molecular complexity index is 985. The fourth-order valence-electron chi connectivity index (χ4n) is 2.72. The first kappa shape index (κ1) is 23.7. The van der Waals surface area contributed by atoms with E-state index in [4.69, 9.17) is 4.74 Å². The average Bonchev–Trinajstić information content (AvgIpc) is 2.73. The van der Waals surface area contributed by atoms with Gasteiger partial charge in [0.25, 0.3) is 0 Å². The monoisotopic (exact) mass is 432 g/mol. The Kier molecular flexibility index (Phi) is 8.71. The van der Waals surface area contributed by atoms with E-state index in [1.165, 1.54) is 19.2 Å². The predicted octanol–water partition coefficient (Wildman–Crippen LogP) is 2.51. The zero-order valence-electron chi connectivity index (χ0n) is 17.5. The zero-order chi connectivity index (χ0) is 22.1. The molecule has 30 heavy (non-hydrogen) atoms. The number of sulfonamides is 1. The smallest absolute Gasteiger partial charge is 0.240 e. The summed E-state index contributed by atoms with van der Waals surface area (Å²) < 4.78 is 31.5. The van der Waals surface area contributed by atoms with Crippen molar-refractivity contribution >= 4 is 21.7 Å². The van der Waals surface area contributed by atoms with Gasteiger partial charge in [-0.3, -0.25) is 9.59 Å². The molecule has 0 bridgehead atoms. The normalized spacial score (nSPS) is 11.3. The second-order valence-corrected chi connectivity index (χ2v) is 8.80. The van der Waals surface area contributed by atoms with Gasteiger partial charge < -0.3 is 10.1 Å². The number of carbonyl (C=O) groups is 2.